The fraction of sp³-hybridized carbons (Fsp3) is 0.667. The Morgan fingerprint density at radius 3 is 2.61 bits per heavy atom. The maximum atomic E-state index is 13.5. The maximum absolute atomic E-state index is 13.5. The molecule has 0 saturated carbocycles. The van der Waals surface area contributed by atoms with Crippen LogP contribution in [0.4, 0.5) is 18.9 Å². The number of carbonyl (C=O) groups excluding carboxylic acids is 1. The molecule has 2 saturated heterocycles. The van der Waals surface area contributed by atoms with Crippen LogP contribution in [0, 0.1) is 22.7 Å². The molecule has 1 unspecified atom stereocenters. The van der Waals surface area contributed by atoms with Crippen molar-refractivity contribution in [2.75, 3.05) is 58.0 Å². The quantitative estimate of drug-likeness (QED) is 0.539. The Labute approximate surface area is 193 Å². The molecular formula is C24H32F3N3O3. The third kappa shape index (κ3) is 5.79. The Morgan fingerprint density at radius 1 is 1.27 bits per heavy atom. The van der Waals surface area contributed by atoms with Crippen LogP contribution in [0.3, 0.4) is 0 Å². The van der Waals surface area contributed by atoms with Crippen molar-refractivity contribution in [1.29, 1.82) is 5.26 Å². The van der Waals surface area contributed by atoms with Crippen LogP contribution in [0.1, 0.15) is 43.7 Å². The normalized spacial score (nSPS) is 20.3. The number of hydrogen-bond donors (Lipinski definition) is 0. The zero-order valence-electron chi connectivity index (χ0n) is 19.3. The van der Waals surface area contributed by atoms with Crippen LogP contribution < -0.4 is 4.90 Å². The van der Waals surface area contributed by atoms with E-state index in [1.165, 1.54) is 6.07 Å². The Morgan fingerprint density at radius 2 is 2.00 bits per heavy atom. The minimum absolute atomic E-state index is 0.128. The van der Waals surface area contributed by atoms with Gasteiger partial charge in [0.1, 0.15) is 0 Å². The molecule has 0 bridgehead atoms. The van der Waals surface area contributed by atoms with E-state index < -0.39 is 11.7 Å². The fourth-order valence-corrected chi connectivity index (χ4v) is 5.03. The highest BCUT2D eigenvalue weighted by Crippen LogP contribution is 2.47. The molecule has 2 aliphatic rings. The molecule has 1 amide bonds. The van der Waals surface area contributed by atoms with Gasteiger partial charge < -0.3 is 19.3 Å². The minimum Gasteiger partial charge on any atom is -0.382 e. The minimum atomic E-state index is -4.59. The molecule has 3 rings (SSSR count). The van der Waals surface area contributed by atoms with E-state index in [9.17, 15) is 18.0 Å². The number of nitriles is 1. The van der Waals surface area contributed by atoms with Gasteiger partial charge in [-0.15, -0.1) is 0 Å². The first-order valence-corrected chi connectivity index (χ1v) is 11.4. The molecule has 182 valence electrons. The van der Waals surface area contributed by atoms with Crippen molar-refractivity contribution >= 4 is 11.6 Å². The average Bonchev–Trinajstić information content (AvgIpc) is 3.14. The molecule has 0 N–H and O–H groups in total. The first kappa shape index (κ1) is 25.3. The van der Waals surface area contributed by atoms with E-state index in [0.717, 1.165) is 25.3 Å². The van der Waals surface area contributed by atoms with Gasteiger partial charge in [-0.05, 0) is 42.9 Å². The largest absolute Gasteiger partial charge is 0.417 e. The van der Waals surface area contributed by atoms with Gasteiger partial charge in [-0.25, -0.2) is 0 Å². The molecule has 6 nitrogen and oxygen atoms in total. The van der Waals surface area contributed by atoms with E-state index in [4.69, 9.17) is 14.7 Å². The number of anilines is 1. The molecule has 0 radical (unpaired) electrons. The van der Waals surface area contributed by atoms with Crippen LogP contribution in [-0.4, -0.2) is 63.9 Å². The van der Waals surface area contributed by atoms with Gasteiger partial charge in [0, 0.05) is 51.3 Å². The first-order chi connectivity index (χ1) is 15.7. The molecule has 33 heavy (non-hydrogen) atoms. The summed E-state index contributed by atoms with van der Waals surface area (Å²) in [7, 11) is 1.61. The number of carbonyl (C=O) groups is 1. The van der Waals surface area contributed by atoms with E-state index in [-0.39, 0.29) is 22.8 Å². The number of piperidine rings is 1. The molecule has 1 spiro atoms. The number of hydrogen-bond acceptors (Lipinski definition) is 5. The number of ether oxygens (including phenoxy) is 2. The molecule has 0 aliphatic carbocycles. The monoisotopic (exact) mass is 467 g/mol. The Bertz CT molecular complexity index is 861. The Kier molecular flexibility index (Phi) is 8.24. The summed E-state index contributed by atoms with van der Waals surface area (Å²) >= 11 is 0. The number of benzene rings is 1. The van der Waals surface area contributed by atoms with E-state index in [0.29, 0.717) is 58.1 Å². The predicted octanol–water partition coefficient (Wildman–Crippen LogP) is 4.09. The second-order valence-corrected chi connectivity index (χ2v) is 8.98. The van der Waals surface area contributed by atoms with Crippen LogP contribution in [0.15, 0.2) is 18.2 Å². The topological polar surface area (TPSA) is 65.8 Å². The van der Waals surface area contributed by atoms with Crippen LogP contribution in [0.25, 0.3) is 0 Å². The summed E-state index contributed by atoms with van der Waals surface area (Å²) in [5, 5.41) is 9.10. The third-order valence-corrected chi connectivity index (χ3v) is 6.93. The van der Waals surface area contributed by atoms with Crippen LogP contribution in [0.2, 0.25) is 0 Å². The number of amides is 1. The lowest BCUT2D eigenvalue weighted by molar-refractivity contribution is -0.137. The van der Waals surface area contributed by atoms with Gasteiger partial charge in [0.25, 0.3) is 0 Å². The zero-order chi connectivity index (χ0) is 24.1. The van der Waals surface area contributed by atoms with Crippen LogP contribution in [0.5, 0.6) is 0 Å². The van der Waals surface area contributed by atoms with Crippen molar-refractivity contribution in [2.24, 2.45) is 11.3 Å². The lowest BCUT2D eigenvalue weighted by Crippen LogP contribution is -2.47. The summed E-state index contributed by atoms with van der Waals surface area (Å²) in [6, 6.07) is 5.57. The van der Waals surface area contributed by atoms with Gasteiger partial charge in [0.15, 0.2) is 0 Å². The molecule has 9 heteroatoms. The number of methoxy groups -OCH3 is 1. The summed E-state index contributed by atoms with van der Waals surface area (Å²) < 4.78 is 51.4. The highest BCUT2D eigenvalue weighted by atomic mass is 19.4. The second-order valence-electron chi connectivity index (χ2n) is 8.98. The van der Waals surface area contributed by atoms with E-state index in [1.807, 2.05) is 16.7 Å². The predicted molar refractivity (Wildman–Crippen MR) is 118 cm³/mol. The van der Waals surface area contributed by atoms with Gasteiger partial charge in [-0.1, -0.05) is 6.92 Å². The van der Waals surface area contributed by atoms with Crippen molar-refractivity contribution < 1.29 is 27.4 Å². The molecule has 1 aromatic carbocycles. The van der Waals surface area contributed by atoms with Crippen LogP contribution in [-0.2, 0) is 20.4 Å². The number of alkyl halides is 3. The molecule has 2 fully saturated rings. The summed E-state index contributed by atoms with van der Waals surface area (Å²) in [5.74, 6) is 0.291. The molecule has 0 aromatic heterocycles. The number of halogens is 3. The van der Waals surface area contributed by atoms with Crippen LogP contribution >= 0.6 is 0 Å². The Hall–Kier alpha value is -2.31. The molecule has 1 aromatic rings. The summed E-state index contributed by atoms with van der Waals surface area (Å²) in [5.41, 5.74) is -0.953. The smallest absolute Gasteiger partial charge is 0.382 e. The van der Waals surface area contributed by atoms with E-state index in [2.05, 4.69) is 0 Å². The number of rotatable bonds is 8. The van der Waals surface area contributed by atoms with Gasteiger partial charge in [-0.3, -0.25) is 4.79 Å². The number of nitrogens with zero attached hydrogens (tertiary/aromatic N) is 3. The standard InChI is InChI=1S/C24H32F3N3O3/c1-3-4-22(31)29-9-7-23(8-10-29)17-30(15-19(23)16-33-12-11-32-2)20-6-5-18(14-28)21(13-20)24(25,26)27/h5-6,13,19H,3-4,7-12,15-17H2,1-2H3. The zero-order valence-corrected chi connectivity index (χ0v) is 19.3. The van der Waals surface area contributed by atoms with Gasteiger partial charge in [0.2, 0.25) is 5.91 Å². The van der Waals surface area contributed by atoms with Crippen molar-refractivity contribution in [1.82, 2.24) is 4.90 Å². The van der Waals surface area contributed by atoms with Crippen molar-refractivity contribution in [3.8, 4) is 6.07 Å². The third-order valence-electron chi connectivity index (χ3n) is 6.93. The molecular weight excluding hydrogens is 435 g/mol. The van der Waals surface area contributed by atoms with Gasteiger partial charge in [-0.2, -0.15) is 18.4 Å². The second kappa shape index (κ2) is 10.7. The lowest BCUT2D eigenvalue weighted by atomic mass is 9.71. The first-order valence-electron chi connectivity index (χ1n) is 11.4. The highest BCUT2D eigenvalue weighted by Gasteiger charge is 2.49. The fourth-order valence-electron chi connectivity index (χ4n) is 5.03. The Balaban J connectivity index is 1.81. The average molecular weight is 468 g/mol. The maximum Gasteiger partial charge on any atom is 0.417 e. The van der Waals surface area contributed by atoms with E-state index in [1.54, 1.807) is 19.2 Å². The van der Waals surface area contributed by atoms with Crippen molar-refractivity contribution in [2.45, 2.75) is 38.8 Å². The summed E-state index contributed by atoms with van der Waals surface area (Å²) in [6.07, 6.45) is -1.66. The van der Waals surface area contributed by atoms with Gasteiger partial charge >= 0.3 is 6.18 Å². The molecule has 2 heterocycles. The van der Waals surface area contributed by atoms with Gasteiger partial charge in [0.05, 0.1) is 37.0 Å². The van der Waals surface area contributed by atoms with Crippen molar-refractivity contribution in [3.05, 3.63) is 29.3 Å². The molecule has 1 atom stereocenters. The van der Waals surface area contributed by atoms with Crippen molar-refractivity contribution in [3.63, 3.8) is 0 Å². The summed E-state index contributed by atoms with van der Waals surface area (Å²) in [6.45, 7) is 5.89. The SMILES string of the molecule is CCCC(=O)N1CCC2(CC1)CN(c1ccc(C#N)c(C(F)(F)F)c1)CC2COCCOC. The lowest BCUT2D eigenvalue weighted by Gasteiger charge is -2.42. The van der Waals surface area contributed by atoms with E-state index >= 15 is 0 Å². The highest BCUT2D eigenvalue weighted by molar-refractivity contribution is 5.76. The molecule has 2 aliphatic heterocycles. The summed E-state index contributed by atoms with van der Waals surface area (Å²) in [4.78, 5) is 16.2. The number of likely N-dealkylation sites (tertiary alicyclic amines) is 1.